The number of benzene rings is 1. The van der Waals surface area contributed by atoms with Gasteiger partial charge in [0, 0.05) is 5.75 Å². The average molecular weight is 314 g/mol. The van der Waals surface area contributed by atoms with Crippen molar-refractivity contribution in [3.63, 3.8) is 0 Å². The van der Waals surface area contributed by atoms with E-state index in [1.165, 1.54) is 11.8 Å². The van der Waals surface area contributed by atoms with Gasteiger partial charge in [0.05, 0.1) is 12.8 Å². The second-order valence-corrected chi connectivity index (χ2v) is 5.12. The number of methoxy groups -OCH3 is 1. The Morgan fingerprint density at radius 1 is 1.19 bits per heavy atom. The molecule has 21 heavy (non-hydrogen) atoms. The van der Waals surface area contributed by atoms with E-state index < -0.39 is 12.0 Å². The molecule has 0 spiro atoms. The lowest BCUT2D eigenvalue weighted by Crippen LogP contribution is -2.18. The minimum Gasteiger partial charge on any atom is -0.497 e. The van der Waals surface area contributed by atoms with Gasteiger partial charge in [0.2, 0.25) is 5.16 Å². The van der Waals surface area contributed by atoms with Crippen molar-refractivity contribution in [3.05, 3.63) is 35.7 Å². The molecule has 9 heteroatoms. The third-order valence-corrected chi connectivity index (χ3v) is 3.78. The van der Waals surface area contributed by atoms with Gasteiger partial charge in [-0.15, -0.1) is 10.2 Å². The molecule has 110 valence electrons. The summed E-state index contributed by atoms with van der Waals surface area (Å²) in [4.78, 5) is 0. The lowest BCUT2D eigenvalue weighted by molar-refractivity contribution is -0.147. The van der Waals surface area contributed by atoms with Crippen LogP contribution in [0.2, 0.25) is 0 Å². The van der Waals surface area contributed by atoms with Crippen LogP contribution < -0.4 is 4.74 Å². The predicted octanol–water partition coefficient (Wildman–Crippen LogP) is 2.66. The van der Waals surface area contributed by atoms with Crippen LogP contribution in [-0.4, -0.2) is 33.4 Å². The largest absolute Gasteiger partial charge is 0.497 e. The maximum atomic E-state index is 12.8. The molecule has 0 saturated heterocycles. The van der Waals surface area contributed by atoms with Crippen LogP contribution in [0.5, 0.6) is 5.75 Å². The van der Waals surface area contributed by atoms with E-state index in [2.05, 4.69) is 15.3 Å². The average Bonchev–Trinajstić information content (AvgIpc) is 2.90. The molecule has 3 rings (SSSR count). The van der Waals surface area contributed by atoms with Crippen molar-refractivity contribution < 1.29 is 17.9 Å². The molecule has 0 aliphatic carbocycles. The molecule has 2 aromatic rings. The molecule has 2 heterocycles. The molecular formula is C12H9F3N4OS. The highest BCUT2D eigenvalue weighted by molar-refractivity contribution is 7.99. The maximum absolute atomic E-state index is 12.8. The fourth-order valence-corrected chi connectivity index (χ4v) is 2.67. The van der Waals surface area contributed by atoms with Crippen molar-refractivity contribution in [2.24, 2.45) is 5.10 Å². The summed E-state index contributed by atoms with van der Waals surface area (Å²) in [6.45, 7) is 0. The van der Waals surface area contributed by atoms with E-state index >= 15 is 0 Å². The highest BCUT2D eigenvalue weighted by Gasteiger charge is 2.39. The number of nitrogens with zero attached hydrogens (tertiary/aromatic N) is 4. The summed E-state index contributed by atoms with van der Waals surface area (Å²) < 4.78 is 44.2. The van der Waals surface area contributed by atoms with Crippen LogP contribution in [0.3, 0.4) is 0 Å². The lowest BCUT2D eigenvalue weighted by atomic mass is 10.1. The van der Waals surface area contributed by atoms with Crippen LogP contribution >= 0.6 is 11.8 Å². The number of ether oxygens (including phenoxy) is 1. The summed E-state index contributed by atoms with van der Waals surface area (Å²) >= 11 is 1.17. The SMILES string of the molecule is COc1ccc(C2=Nn3c(nnc3C(F)(F)F)SC2)cc1. The van der Waals surface area contributed by atoms with Gasteiger partial charge in [-0.25, -0.2) is 0 Å². The van der Waals surface area contributed by atoms with E-state index in [4.69, 9.17) is 4.74 Å². The van der Waals surface area contributed by atoms with Crippen LogP contribution in [0, 0.1) is 0 Å². The third-order valence-electron chi connectivity index (χ3n) is 2.85. The van der Waals surface area contributed by atoms with Gasteiger partial charge in [-0.3, -0.25) is 0 Å². The summed E-state index contributed by atoms with van der Waals surface area (Å²) in [7, 11) is 1.54. The number of rotatable bonds is 2. The monoisotopic (exact) mass is 314 g/mol. The topological polar surface area (TPSA) is 52.3 Å². The minimum absolute atomic E-state index is 0.139. The predicted molar refractivity (Wildman–Crippen MR) is 70.7 cm³/mol. The lowest BCUT2D eigenvalue weighted by Gasteiger charge is -2.14. The van der Waals surface area contributed by atoms with Gasteiger partial charge in [-0.05, 0) is 29.8 Å². The van der Waals surface area contributed by atoms with Crippen molar-refractivity contribution in [2.45, 2.75) is 11.3 Å². The van der Waals surface area contributed by atoms with Crippen molar-refractivity contribution >= 4 is 17.5 Å². The summed E-state index contributed by atoms with van der Waals surface area (Å²) in [5.41, 5.74) is 1.26. The first kappa shape index (κ1) is 13.9. The van der Waals surface area contributed by atoms with E-state index in [1.54, 1.807) is 31.4 Å². The Bertz CT molecular complexity index is 694. The van der Waals surface area contributed by atoms with Crippen LogP contribution in [0.1, 0.15) is 11.4 Å². The Labute approximate surface area is 121 Å². The van der Waals surface area contributed by atoms with Crippen LogP contribution in [-0.2, 0) is 6.18 Å². The molecule has 5 nitrogen and oxygen atoms in total. The van der Waals surface area contributed by atoms with Crippen molar-refractivity contribution in [2.75, 3.05) is 12.9 Å². The molecule has 1 aromatic carbocycles. The Balaban J connectivity index is 2.00. The number of fused-ring (bicyclic) bond motifs is 1. The van der Waals surface area contributed by atoms with Crippen molar-refractivity contribution in [1.82, 2.24) is 14.9 Å². The molecule has 1 aromatic heterocycles. The first-order valence-electron chi connectivity index (χ1n) is 5.87. The van der Waals surface area contributed by atoms with Crippen LogP contribution in [0.15, 0.2) is 34.5 Å². The molecule has 0 amide bonds. The molecule has 1 aliphatic rings. The first-order valence-corrected chi connectivity index (χ1v) is 6.85. The first-order chi connectivity index (χ1) is 9.99. The van der Waals surface area contributed by atoms with Gasteiger partial charge in [0.15, 0.2) is 0 Å². The molecule has 0 fully saturated rings. The van der Waals surface area contributed by atoms with E-state index in [0.717, 1.165) is 10.2 Å². The maximum Gasteiger partial charge on any atom is 0.453 e. The van der Waals surface area contributed by atoms with E-state index in [9.17, 15) is 13.2 Å². The number of alkyl halides is 3. The normalized spacial score (nSPS) is 14.6. The zero-order valence-corrected chi connectivity index (χ0v) is 11.6. The summed E-state index contributed by atoms with van der Waals surface area (Å²) in [5, 5.41) is 10.8. The van der Waals surface area contributed by atoms with Gasteiger partial charge in [0.1, 0.15) is 5.75 Å². The quantitative estimate of drug-likeness (QED) is 0.855. The van der Waals surface area contributed by atoms with E-state index in [-0.39, 0.29) is 5.16 Å². The number of hydrogen-bond donors (Lipinski definition) is 0. The van der Waals surface area contributed by atoms with Gasteiger partial charge in [-0.1, -0.05) is 11.8 Å². The molecule has 0 N–H and O–H groups in total. The zero-order valence-electron chi connectivity index (χ0n) is 10.8. The number of halogens is 3. The Hall–Kier alpha value is -2.03. The zero-order chi connectivity index (χ0) is 15.0. The summed E-state index contributed by atoms with van der Waals surface area (Å²) in [5.74, 6) is -0.0121. The van der Waals surface area contributed by atoms with E-state index in [1.807, 2.05) is 0 Å². The molecule has 0 saturated carbocycles. The number of hydrogen-bond acceptors (Lipinski definition) is 5. The Morgan fingerprint density at radius 3 is 2.52 bits per heavy atom. The fourth-order valence-electron chi connectivity index (χ4n) is 1.83. The van der Waals surface area contributed by atoms with Crippen LogP contribution in [0.25, 0.3) is 0 Å². The van der Waals surface area contributed by atoms with Gasteiger partial charge >= 0.3 is 6.18 Å². The Kier molecular flexibility index (Phi) is 3.36. The smallest absolute Gasteiger partial charge is 0.453 e. The van der Waals surface area contributed by atoms with Gasteiger partial charge < -0.3 is 4.74 Å². The number of aromatic nitrogens is 3. The molecule has 0 unspecified atom stereocenters. The highest BCUT2D eigenvalue weighted by Crippen LogP contribution is 2.32. The second kappa shape index (κ2) is 5.06. The van der Waals surface area contributed by atoms with Crippen molar-refractivity contribution in [3.8, 4) is 5.75 Å². The summed E-state index contributed by atoms with van der Waals surface area (Å²) in [6, 6.07) is 6.96. The van der Waals surface area contributed by atoms with Gasteiger partial charge in [0.25, 0.3) is 5.82 Å². The Morgan fingerprint density at radius 2 is 1.90 bits per heavy atom. The van der Waals surface area contributed by atoms with E-state index in [0.29, 0.717) is 17.2 Å². The standard InChI is InChI=1S/C12H9F3N4OS/c1-20-8-4-2-7(3-5-8)9-6-21-11-17-16-10(12(13,14)15)19(11)18-9/h2-5H,6H2,1H3. The van der Waals surface area contributed by atoms with Crippen molar-refractivity contribution in [1.29, 1.82) is 0 Å². The van der Waals surface area contributed by atoms with Gasteiger partial charge in [-0.2, -0.15) is 22.9 Å². The third kappa shape index (κ3) is 2.60. The molecule has 0 bridgehead atoms. The fraction of sp³-hybridized carbons (Fsp3) is 0.250. The number of thioether (sulfide) groups is 1. The molecule has 0 atom stereocenters. The second-order valence-electron chi connectivity index (χ2n) is 4.18. The minimum atomic E-state index is -4.59. The molecular weight excluding hydrogens is 305 g/mol. The van der Waals surface area contributed by atoms with Crippen LogP contribution in [0.4, 0.5) is 13.2 Å². The molecule has 0 radical (unpaired) electrons. The summed E-state index contributed by atoms with van der Waals surface area (Å²) in [6.07, 6.45) is -4.59. The highest BCUT2D eigenvalue weighted by atomic mass is 32.2. The molecule has 1 aliphatic heterocycles.